The molecule has 1 aliphatic rings. The van der Waals surface area contributed by atoms with E-state index in [0.29, 0.717) is 27.6 Å². The van der Waals surface area contributed by atoms with Crippen LogP contribution < -0.4 is 9.46 Å². The van der Waals surface area contributed by atoms with E-state index in [-0.39, 0.29) is 28.5 Å². The lowest BCUT2D eigenvalue weighted by Gasteiger charge is -2.31. The number of sulfonamides is 1. The Bertz CT molecular complexity index is 1710. The minimum atomic E-state index is -4.04. The lowest BCUT2D eigenvalue weighted by molar-refractivity contribution is -0.0654. The van der Waals surface area contributed by atoms with Crippen molar-refractivity contribution < 1.29 is 26.7 Å². The van der Waals surface area contributed by atoms with Crippen LogP contribution in [0, 0.1) is 5.82 Å². The first-order valence-corrected chi connectivity index (χ1v) is 12.9. The monoisotopic (exact) mass is 536 g/mol. The second kappa shape index (κ2) is 9.92. The predicted molar refractivity (Wildman–Crippen MR) is 139 cm³/mol. The molecule has 0 spiro atoms. The van der Waals surface area contributed by atoms with Gasteiger partial charge >= 0.3 is 0 Å². The van der Waals surface area contributed by atoms with Gasteiger partial charge in [-0.2, -0.15) is 0 Å². The lowest BCUT2D eigenvalue weighted by Crippen LogP contribution is -2.30. The summed E-state index contributed by atoms with van der Waals surface area (Å²) in [5, 5.41) is 1.05. The van der Waals surface area contributed by atoms with E-state index < -0.39 is 21.7 Å². The number of methoxy groups -OCH3 is 2. The maximum Gasteiger partial charge on any atom is 0.263 e. The van der Waals surface area contributed by atoms with Crippen molar-refractivity contribution >= 4 is 37.8 Å². The molecule has 0 bridgehead atoms. The Morgan fingerprint density at radius 3 is 2.66 bits per heavy atom. The van der Waals surface area contributed by atoms with Gasteiger partial charge in [0.1, 0.15) is 12.1 Å². The van der Waals surface area contributed by atoms with E-state index >= 15 is 4.39 Å². The van der Waals surface area contributed by atoms with Gasteiger partial charge in [-0.1, -0.05) is 30.4 Å². The van der Waals surface area contributed by atoms with Gasteiger partial charge in [0.25, 0.3) is 10.0 Å². The SMILES string of the molecule is COc1cncnc1NS(=O)(=O)c1ccc2c(C3=CC=C(c4cccc(F)c4)CC3(F)OC)nccc2c1. The van der Waals surface area contributed by atoms with Gasteiger partial charge in [0.15, 0.2) is 11.6 Å². The van der Waals surface area contributed by atoms with Crippen molar-refractivity contribution in [1.29, 1.82) is 0 Å². The van der Waals surface area contributed by atoms with Crippen LogP contribution in [-0.4, -0.2) is 43.4 Å². The predicted octanol–water partition coefficient (Wildman–Crippen LogP) is 5.16. The van der Waals surface area contributed by atoms with Crippen molar-refractivity contribution in [2.24, 2.45) is 0 Å². The number of aromatic nitrogens is 3. The molecule has 0 saturated heterocycles. The molecular formula is C27H22F2N4O4S. The van der Waals surface area contributed by atoms with Crippen molar-refractivity contribution in [2.75, 3.05) is 18.9 Å². The molecule has 5 rings (SSSR count). The number of fused-ring (bicyclic) bond motifs is 1. The molecule has 2 aromatic carbocycles. The molecule has 8 nitrogen and oxygen atoms in total. The summed E-state index contributed by atoms with van der Waals surface area (Å²) in [7, 11) is -1.41. The number of anilines is 1. The molecule has 1 N–H and O–H groups in total. The zero-order valence-corrected chi connectivity index (χ0v) is 21.2. The van der Waals surface area contributed by atoms with Crippen LogP contribution in [0.3, 0.4) is 0 Å². The quantitative estimate of drug-likeness (QED) is 0.348. The van der Waals surface area contributed by atoms with Crippen LogP contribution in [-0.2, 0) is 14.8 Å². The van der Waals surface area contributed by atoms with Crippen molar-refractivity contribution in [3.05, 3.63) is 96.5 Å². The number of nitrogens with zero attached hydrogens (tertiary/aromatic N) is 3. The third-order valence-electron chi connectivity index (χ3n) is 6.22. The molecule has 38 heavy (non-hydrogen) atoms. The first-order chi connectivity index (χ1) is 18.2. The summed E-state index contributed by atoms with van der Waals surface area (Å²) in [6.45, 7) is 0. The molecule has 1 unspecified atom stereocenters. The second-order valence-electron chi connectivity index (χ2n) is 8.48. The lowest BCUT2D eigenvalue weighted by atomic mass is 9.86. The number of hydrogen-bond donors (Lipinski definition) is 1. The van der Waals surface area contributed by atoms with E-state index in [2.05, 4.69) is 19.7 Å². The molecule has 0 amide bonds. The number of nitrogens with one attached hydrogen (secondary N) is 1. The Balaban J connectivity index is 1.55. The van der Waals surface area contributed by atoms with Gasteiger partial charge in [0.2, 0.25) is 5.85 Å². The highest BCUT2D eigenvalue weighted by molar-refractivity contribution is 7.92. The fourth-order valence-corrected chi connectivity index (χ4v) is 5.35. The number of ether oxygens (including phenoxy) is 2. The van der Waals surface area contributed by atoms with Gasteiger partial charge in [-0.3, -0.25) is 9.71 Å². The molecule has 0 fully saturated rings. The van der Waals surface area contributed by atoms with Gasteiger partial charge < -0.3 is 9.47 Å². The van der Waals surface area contributed by atoms with Crippen molar-refractivity contribution in [3.63, 3.8) is 0 Å². The van der Waals surface area contributed by atoms with Gasteiger partial charge in [0, 0.05) is 30.7 Å². The Morgan fingerprint density at radius 2 is 1.89 bits per heavy atom. The largest absolute Gasteiger partial charge is 0.491 e. The molecule has 1 aliphatic carbocycles. The van der Waals surface area contributed by atoms with Gasteiger partial charge in [0.05, 0.1) is 23.9 Å². The van der Waals surface area contributed by atoms with Crippen LogP contribution in [0.1, 0.15) is 17.7 Å². The number of rotatable bonds is 7. The van der Waals surface area contributed by atoms with Crippen molar-refractivity contribution in [2.45, 2.75) is 17.2 Å². The number of hydrogen-bond acceptors (Lipinski definition) is 7. The van der Waals surface area contributed by atoms with Crippen LogP contribution in [0.5, 0.6) is 5.75 Å². The van der Waals surface area contributed by atoms with Crippen LogP contribution in [0.4, 0.5) is 14.6 Å². The first-order valence-electron chi connectivity index (χ1n) is 11.4. The van der Waals surface area contributed by atoms with Crippen molar-refractivity contribution in [3.8, 4) is 5.75 Å². The third-order valence-corrected chi connectivity index (χ3v) is 7.56. The molecule has 4 aromatic rings. The van der Waals surface area contributed by atoms with E-state index in [1.165, 1.54) is 57.2 Å². The molecule has 2 aromatic heterocycles. The molecular weight excluding hydrogens is 514 g/mol. The summed E-state index contributed by atoms with van der Waals surface area (Å²) in [5.74, 6) is -2.51. The summed E-state index contributed by atoms with van der Waals surface area (Å²) in [6, 6.07) is 12.0. The van der Waals surface area contributed by atoms with E-state index in [4.69, 9.17) is 9.47 Å². The van der Waals surface area contributed by atoms with Crippen LogP contribution in [0.25, 0.3) is 21.9 Å². The van der Waals surface area contributed by atoms with Crippen LogP contribution in [0.15, 0.2) is 84.3 Å². The highest BCUT2D eigenvalue weighted by Gasteiger charge is 2.39. The van der Waals surface area contributed by atoms with E-state index in [1.807, 2.05) is 0 Å². The zero-order valence-electron chi connectivity index (χ0n) is 20.4. The third kappa shape index (κ3) is 4.73. The van der Waals surface area contributed by atoms with Gasteiger partial charge in [-0.25, -0.2) is 27.2 Å². The van der Waals surface area contributed by atoms with E-state index in [9.17, 15) is 12.8 Å². The number of allylic oxidation sites excluding steroid dienone is 2. The fourth-order valence-electron chi connectivity index (χ4n) is 4.30. The first kappa shape index (κ1) is 25.4. The molecule has 0 radical (unpaired) electrons. The van der Waals surface area contributed by atoms with Crippen LogP contribution >= 0.6 is 0 Å². The van der Waals surface area contributed by atoms with Gasteiger partial charge in [-0.05, 0) is 46.9 Å². The number of pyridine rings is 1. The summed E-state index contributed by atoms with van der Waals surface area (Å²) in [4.78, 5) is 12.1. The van der Waals surface area contributed by atoms with E-state index in [1.54, 1.807) is 36.4 Å². The highest BCUT2D eigenvalue weighted by Crippen LogP contribution is 2.44. The number of benzene rings is 2. The zero-order chi connectivity index (χ0) is 26.9. The minimum absolute atomic E-state index is 0.00595. The average Bonchev–Trinajstić information content (AvgIpc) is 2.92. The summed E-state index contributed by atoms with van der Waals surface area (Å²) in [6.07, 6.45) is 7.12. The topological polar surface area (TPSA) is 103 Å². The van der Waals surface area contributed by atoms with Crippen molar-refractivity contribution in [1.82, 2.24) is 15.0 Å². The Hall–Kier alpha value is -4.22. The Labute approximate surface area is 217 Å². The summed E-state index contributed by atoms with van der Waals surface area (Å²) in [5.41, 5.74) is 1.59. The standard InChI is InChI=1S/C27H22F2N4O4S/c1-36-24-15-30-16-32-26(24)33-38(34,35)21-7-8-22-18(13-21)10-11-31-25(22)23-9-6-19(14-27(23,29)37-2)17-4-3-5-20(28)12-17/h3-13,15-16H,14H2,1-2H3,(H,30,32,33). The van der Waals surface area contributed by atoms with E-state index in [0.717, 1.165) is 0 Å². The number of alkyl halides is 1. The Morgan fingerprint density at radius 1 is 1.05 bits per heavy atom. The second-order valence-corrected chi connectivity index (χ2v) is 10.2. The minimum Gasteiger partial charge on any atom is -0.491 e. The summed E-state index contributed by atoms with van der Waals surface area (Å²) < 4.78 is 68.9. The highest BCUT2D eigenvalue weighted by atomic mass is 32.2. The number of halogens is 2. The molecule has 194 valence electrons. The average molecular weight is 537 g/mol. The molecule has 0 aliphatic heterocycles. The molecule has 2 heterocycles. The smallest absolute Gasteiger partial charge is 0.263 e. The normalized spacial score (nSPS) is 17.6. The Kier molecular flexibility index (Phi) is 6.64. The maximum absolute atomic E-state index is 16.2. The molecule has 11 heteroatoms. The van der Waals surface area contributed by atoms with Gasteiger partial charge in [-0.15, -0.1) is 0 Å². The van der Waals surface area contributed by atoms with Crippen LogP contribution in [0.2, 0.25) is 0 Å². The maximum atomic E-state index is 16.2. The summed E-state index contributed by atoms with van der Waals surface area (Å²) >= 11 is 0. The fraction of sp³-hybridized carbons (Fsp3) is 0.148. The molecule has 1 atom stereocenters. The molecule has 0 saturated carbocycles.